The lowest BCUT2D eigenvalue weighted by atomic mass is 9.82. The molecule has 2 aromatic carbocycles. The molecule has 0 aromatic heterocycles. The van der Waals surface area contributed by atoms with Crippen LogP contribution in [0.1, 0.15) is 50.8 Å². The molecule has 4 rings (SSSR count). The van der Waals surface area contributed by atoms with Gasteiger partial charge in [0.25, 0.3) is 0 Å². The second-order valence-electron chi connectivity index (χ2n) is 9.63. The summed E-state index contributed by atoms with van der Waals surface area (Å²) in [6.45, 7) is 7.18. The number of anilines is 2. The van der Waals surface area contributed by atoms with E-state index in [0.29, 0.717) is 25.9 Å². The van der Waals surface area contributed by atoms with Gasteiger partial charge in [-0.3, -0.25) is 4.79 Å². The molecule has 0 bridgehead atoms. The second kappa shape index (κ2) is 10.9. The number of piperidine rings is 1. The fourth-order valence-corrected chi connectivity index (χ4v) is 5.24. The molecule has 0 spiro atoms. The molecule has 1 saturated heterocycles. The van der Waals surface area contributed by atoms with Gasteiger partial charge in [-0.15, -0.1) is 0 Å². The molecule has 3 N–H and O–H groups in total. The van der Waals surface area contributed by atoms with E-state index in [0.717, 1.165) is 22.5 Å². The van der Waals surface area contributed by atoms with Crippen molar-refractivity contribution in [3.05, 3.63) is 59.7 Å². The number of hydrogen-bond donors (Lipinski definition) is 3. The van der Waals surface area contributed by atoms with Crippen LogP contribution in [0.2, 0.25) is 0 Å². The lowest BCUT2D eigenvalue weighted by Crippen LogP contribution is -2.50. The van der Waals surface area contributed by atoms with Gasteiger partial charge in [0, 0.05) is 55.0 Å². The van der Waals surface area contributed by atoms with Crippen molar-refractivity contribution in [2.24, 2.45) is 5.92 Å². The second-order valence-corrected chi connectivity index (χ2v) is 9.63. The van der Waals surface area contributed by atoms with Gasteiger partial charge in [0.05, 0.1) is 6.04 Å². The van der Waals surface area contributed by atoms with Crippen LogP contribution in [-0.4, -0.2) is 48.4 Å². The summed E-state index contributed by atoms with van der Waals surface area (Å²) in [5.74, 6) is -0.0968. The zero-order chi connectivity index (χ0) is 25.8. The Morgan fingerprint density at radius 1 is 1.03 bits per heavy atom. The van der Waals surface area contributed by atoms with Crippen LogP contribution in [-0.2, 0) is 16.1 Å². The first-order chi connectivity index (χ1) is 17.2. The van der Waals surface area contributed by atoms with Gasteiger partial charge in [-0.25, -0.2) is 9.59 Å². The number of alkyl carbamates (subject to hydrolysis) is 1. The predicted octanol–water partition coefficient (Wildman–Crippen LogP) is 4.28. The van der Waals surface area contributed by atoms with E-state index in [9.17, 15) is 14.4 Å². The quantitative estimate of drug-likeness (QED) is 0.572. The highest BCUT2D eigenvalue weighted by molar-refractivity contribution is 5.94. The molecule has 0 radical (unpaired) electrons. The van der Waals surface area contributed by atoms with Crippen LogP contribution in [0.5, 0.6) is 0 Å². The number of carbonyl (C=O) groups is 3. The number of nitrogens with one attached hydrogen (secondary N) is 2. The van der Waals surface area contributed by atoms with Crippen LogP contribution >= 0.6 is 0 Å². The number of amides is 3. The number of benzene rings is 2. The Morgan fingerprint density at radius 2 is 1.72 bits per heavy atom. The SMILES string of the molecule is CC(=O)N1c2ccc(N3CCC(NC(=O)O)CC3)cc2[C@H](NC(=O)OCc2ccccc2)[C@@H](C)[C@@H]1C. The Kier molecular flexibility index (Phi) is 7.67. The molecule has 2 heterocycles. The highest BCUT2D eigenvalue weighted by atomic mass is 16.5. The van der Waals surface area contributed by atoms with Crippen molar-refractivity contribution >= 4 is 29.5 Å². The topological polar surface area (TPSA) is 111 Å². The molecule has 3 atom stereocenters. The Balaban J connectivity index is 1.55. The van der Waals surface area contributed by atoms with E-state index in [1.807, 2.05) is 62.4 Å². The number of carboxylic acid groups (broad SMARTS) is 1. The normalized spacial score (nSPS) is 21.9. The number of ether oxygens (including phenoxy) is 1. The molecule has 0 saturated carbocycles. The monoisotopic (exact) mass is 494 g/mol. The molecule has 2 aliphatic rings. The van der Waals surface area contributed by atoms with Gasteiger partial charge < -0.3 is 30.3 Å². The van der Waals surface area contributed by atoms with Crippen molar-refractivity contribution in [1.29, 1.82) is 0 Å². The van der Waals surface area contributed by atoms with Crippen LogP contribution in [0.4, 0.5) is 21.0 Å². The Hall–Kier alpha value is -3.75. The molecular weight excluding hydrogens is 460 g/mol. The summed E-state index contributed by atoms with van der Waals surface area (Å²) in [4.78, 5) is 40.3. The van der Waals surface area contributed by atoms with E-state index in [-0.39, 0.29) is 36.6 Å². The number of nitrogens with zero attached hydrogens (tertiary/aromatic N) is 2. The van der Waals surface area contributed by atoms with Gasteiger partial charge >= 0.3 is 12.2 Å². The van der Waals surface area contributed by atoms with Crippen LogP contribution in [0.3, 0.4) is 0 Å². The molecule has 0 aliphatic carbocycles. The van der Waals surface area contributed by atoms with Crippen LogP contribution in [0.15, 0.2) is 48.5 Å². The summed E-state index contributed by atoms with van der Waals surface area (Å²) in [5, 5.41) is 14.6. The third-order valence-electron chi connectivity index (χ3n) is 7.31. The summed E-state index contributed by atoms with van der Waals surface area (Å²) < 4.78 is 5.50. The Morgan fingerprint density at radius 3 is 2.36 bits per heavy atom. The summed E-state index contributed by atoms with van der Waals surface area (Å²) in [6, 6.07) is 15.0. The summed E-state index contributed by atoms with van der Waals surface area (Å²) in [6.07, 6.45) is -0.0767. The fraction of sp³-hybridized carbons (Fsp3) is 0.444. The summed E-state index contributed by atoms with van der Waals surface area (Å²) >= 11 is 0. The molecule has 36 heavy (non-hydrogen) atoms. The first-order valence-corrected chi connectivity index (χ1v) is 12.4. The van der Waals surface area contributed by atoms with Gasteiger partial charge in [0.1, 0.15) is 6.61 Å². The van der Waals surface area contributed by atoms with Crippen LogP contribution < -0.4 is 20.4 Å². The van der Waals surface area contributed by atoms with E-state index < -0.39 is 12.2 Å². The van der Waals surface area contributed by atoms with Crippen molar-refractivity contribution in [3.8, 4) is 0 Å². The summed E-state index contributed by atoms with van der Waals surface area (Å²) in [5.41, 5.74) is 3.55. The van der Waals surface area contributed by atoms with Gasteiger partial charge in [0.2, 0.25) is 5.91 Å². The third kappa shape index (κ3) is 5.56. The Labute approximate surface area is 211 Å². The van der Waals surface area contributed by atoms with Crippen LogP contribution in [0.25, 0.3) is 0 Å². The summed E-state index contributed by atoms with van der Waals surface area (Å²) in [7, 11) is 0. The number of rotatable bonds is 5. The molecule has 2 aliphatic heterocycles. The van der Waals surface area contributed by atoms with Gasteiger partial charge in [-0.1, -0.05) is 37.3 Å². The predicted molar refractivity (Wildman–Crippen MR) is 137 cm³/mol. The van der Waals surface area contributed by atoms with E-state index in [4.69, 9.17) is 9.84 Å². The Bertz CT molecular complexity index is 1100. The molecule has 2 aromatic rings. The highest BCUT2D eigenvalue weighted by Gasteiger charge is 2.39. The van der Waals surface area contributed by atoms with Crippen LogP contribution in [0, 0.1) is 5.92 Å². The molecule has 9 nitrogen and oxygen atoms in total. The minimum Gasteiger partial charge on any atom is -0.465 e. The van der Waals surface area contributed by atoms with Crippen molar-refractivity contribution in [2.45, 2.75) is 58.3 Å². The minimum atomic E-state index is -0.997. The van der Waals surface area contributed by atoms with Gasteiger partial charge in [0.15, 0.2) is 0 Å². The average Bonchev–Trinajstić information content (AvgIpc) is 2.86. The largest absolute Gasteiger partial charge is 0.465 e. The van der Waals surface area contributed by atoms with E-state index in [1.165, 1.54) is 0 Å². The van der Waals surface area contributed by atoms with Gasteiger partial charge in [-0.05, 0) is 43.5 Å². The fourth-order valence-electron chi connectivity index (χ4n) is 5.24. The standard InChI is InChI=1S/C27H34N4O5/c1-17-18(2)31(19(3)32)24-10-9-22(30-13-11-21(12-14-30)28-26(33)34)15-23(24)25(17)29-27(35)36-16-20-7-5-4-6-8-20/h4-10,15,17-18,21,25,28H,11-14,16H2,1-3H3,(H,29,35)(H,33,34)/t17-,18-,25+/m0/s1. The lowest BCUT2D eigenvalue weighted by molar-refractivity contribution is -0.117. The molecule has 1 fully saturated rings. The highest BCUT2D eigenvalue weighted by Crippen LogP contribution is 2.42. The maximum atomic E-state index is 12.8. The van der Waals surface area contributed by atoms with Crippen molar-refractivity contribution in [3.63, 3.8) is 0 Å². The van der Waals surface area contributed by atoms with E-state index in [1.54, 1.807) is 11.8 Å². The zero-order valence-corrected chi connectivity index (χ0v) is 20.9. The lowest BCUT2D eigenvalue weighted by Gasteiger charge is -2.44. The minimum absolute atomic E-state index is 0.0472. The molecule has 9 heteroatoms. The first-order valence-electron chi connectivity index (χ1n) is 12.4. The third-order valence-corrected chi connectivity index (χ3v) is 7.31. The van der Waals surface area contributed by atoms with E-state index in [2.05, 4.69) is 15.5 Å². The smallest absolute Gasteiger partial charge is 0.407 e. The number of carbonyl (C=O) groups excluding carboxylic acids is 2. The zero-order valence-electron chi connectivity index (χ0n) is 20.9. The van der Waals surface area contributed by atoms with E-state index >= 15 is 0 Å². The maximum Gasteiger partial charge on any atom is 0.407 e. The van der Waals surface area contributed by atoms with Gasteiger partial charge in [-0.2, -0.15) is 0 Å². The van der Waals surface area contributed by atoms with Crippen molar-refractivity contribution in [1.82, 2.24) is 10.6 Å². The number of hydrogen-bond acceptors (Lipinski definition) is 5. The number of fused-ring (bicyclic) bond motifs is 1. The molecule has 0 unspecified atom stereocenters. The molecular formula is C27H34N4O5. The first kappa shape index (κ1) is 25.3. The molecule has 192 valence electrons. The van der Waals surface area contributed by atoms with Crippen molar-refractivity contribution in [2.75, 3.05) is 22.9 Å². The van der Waals surface area contributed by atoms with Crippen molar-refractivity contribution < 1.29 is 24.2 Å². The molecule has 3 amide bonds. The average molecular weight is 495 g/mol. The maximum absolute atomic E-state index is 12.8.